The molecule has 1 heterocycles. The normalized spacial score (nSPS) is 15.0. The van der Waals surface area contributed by atoms with E-state index < -0.39 is 0 Å². The number of nitrogens with zero attached hydrogens (tertiary/aromatic N) is 2. The van der Waals surface area contributed by atoms with Crippen LogP contribution in [-0.4, -0.2) is 22.4 Å². The summed E-state index contributed by atoms with van der Waals surface area (Å²) in [6.45, 7) is 11.0. The summed E-state index contributed by atoms with van der Waals surface area (Å²) in [6, 6.07) is 0.615. The van der Waals surface area contributed by atoms with Crippen molar-refractivity contribution in [2.45, 2.75) is 53.1 Å². The molecule has 0 saturated heterocycles. The summed E-state index contributed by atoms with van der Waals surface area (Å²) in [5.74, 6) is 0.756. The predicted octanol–water partition coefficient (Wildman–Crippen LogP) is 2.61. The van der Waals surface area contributed by atoms with E-state index in [9.17, 15) is 0 Å². The van der Waals surface area contributed by atoms with Crippen LogP contribution in [-0.2, 0) is 6.54 Å². The summed E-state index contributed by atoms with van der Waals surface area (Å²) in [5, 5.41) is 7.84. The van der Waals surface area contributed by atoms with Gasteiger partial charge in [-0.2, -0.15) is 5.10 Å². The molecule has 1 aromatic rings. The van der Waals surface area contributed by atoms with Gasteiger partial charge in [0, 0.05) is 18.8 Å². The van der Waals surface area contributed by atoms with E-state index in [1.54, 1.807) is 0 Å². The fourth-order valence-electron chi connectivity index (χ4n) is 1.71. The van der Waals surface area contributed by atoms with Gasteiger partial charge in [0.1, 0.15) is 0 Å². The van der Waals surface area contributed by atoms with Gasteiger partial charge < -0.3 is 5.32 Å². The third-order valence-electron chi connectivity index (χ3n) is 3.29. The maximum Gasteiger partial charge on any atom is 0.0518 e. The molecule has 0 aliphatic carbocycles. The van der Waals surface area contributed by atoms with Crippen LogP contribution in [0.4, 0.5) is 0 Å². The molecular weight excluding hydrogens is 198 g/mol. The van der Waals surface area contributed by atoms with Crippen molar-refractivity contribution in [2.75, 3.05) is 6.54 Å². The van der Waals surface area contributed by atoms with Gasteiger partial charge >= 0.3 is 0 Å². The second-order valence-corrected chi connectivity index (χ2v) is 4.76. The summed E-state index contributed by atoms with van der Waals surface area (Å²) in [5.41, 5.74) is 1.24. The minimum atomic E-state index is 0.615. The molecule has 3 nitrogen and oxygen atoms in total. The van der Waals surface area contributed by atoms with Crippen molar-refractivity contribution in [1.82, 2.24) is 15.1 Å². The lowest BCUT2D eigenvalue weighted by Gasteiger charge is -2.19. The molecule has 0 aliphatic rings. The maximum absolute atomic E-state index is 4.27. The monoisotopic (exact) mass is 223 g/mol. The molecule has 16 heavy (non-hydrogen) atoms. The zero-order chi connectivity index (χ0) is 12.0. The lowest BCUT2D eigenvalue weighted by Crippen LogP contribution is -2.33. The molecule has 2 unspecified atom stereocenters. The Morgan fingerprint density at radius 2 is 2.19 bits per heavy atom. The van der Waals surface area contributed by atoms with E-state index in [4.69, 9.17) is 0 Å². The molecule has 0 bridgehead atoms. The minimum Gasteiger partial charge on any atom is -0.314 e. The molecule has 1 rings (SSSR count). The highest BCUT2D eigenvalue weighted by Crippen LogP contribution is 2.06. The minimum absolute atomic E-state index is 0.615. The SMILES string of the molecule is CCC(C)C(C)NCCCn1cc(C)cn1. The molecule has 0 radical (unpaired) electrons. The van der Waals surface area contributed by atoms with Gasteiger partial charge in [-0.05, 0) is 38.3 Å². The van der Waals surface area contributed by atoms with E-state index in [0.717, 1.165) is 25.4 Å². The highest BCUT2D eigenvalue weighted by atomic mass is 15.3. The molecule has 0 amide bonds. The van der Waals surface area contributed by atoms with Crippen molar-refractivity contribution >= 4 is 0 Å². The number of rotatable bonds is 7. The molecule has 0 aromatic carbocycles. The predicted molar refractivity (Wildman–Crippen MR) is 68.5 cm³/mol. The second kappa shape index (κ2) is 6.69. The molecular formula is C13H25N3. The fraction of sp³-hybridized carbons (Fsp3) is 0.769. The maximum atomic E-state index is 4.27. The summed E-state index contributed by atoms with van der Waals surface area (Å²) < 4.78 is 2.02. The lowest BCUT2D eigenvalue weighted by molar-refractivity contribution is 0.382. The second-order valence-electron chi connectivity index (χ2n) is 4.76. The van der Waals surface area contributed by atoms with E-state index in [2.05, 4.69) is 44.3 Å². The highest BCUT2D eigenvalue weighted by molar-refractivity contribution is 4.99. The first-order chi connectivity index (χ1) is 7.63. The Bertz CT molecular complexity index is 293. The molecule has 1 aromatic heterocycles. The van der Waals surface area contributed by atoms with Crippen LogP contribution in [0.15, 0.2) is 12.4 Å². The number of hydrogen-bond donors (Lipinski definition) is 1. The van der Waals surface area contributed by atoms with Crippen LogP contribution in [0.3, 0.4) is 0 Å². The smallest absolute Gasteiger partial charge is 0.0518 e. The Labute approximate surface area is 99.2 Å². The third kappa shape index (κ3) is 4.35. The van der Waals surface area contributed by atoms with Crippen LogP contribution in [0.25, 0.3) is 0 Å². The number of aromatic nitrogens is 2. The lowest BCUT2D eigenvalue weighted by atomic mass is 10.0. The van der Waals surface area contributed by atoms with Gasteiger partial charge in [0.25, 0.3) is 0 Å². The molecule has 92 valence electrons. The first kappa shape index (κ1) is 13.2. The highest BCUT2D eigenvalue weighted by Gasteiger charge is 2.08. The molecule has 0 aliphatic heterocycles. The van der Waals surface area contributed by atoms with E-state index in [1.165, 1.54) is 12.0 Å². The van der Waals surface area contributed by atoms with Crippen molar-refractivity contribution < 1.29 is 0 Å². The van der Waals surface area contributed by atoms with Crippen LogP contribution < -0.4 is 5.32 Å². The standard InChI is InChI=1S/C13H25N3/c1-5-12(3)13(4)14-7-6-8-16-10-11(2)9-15-16/h9-10,12-14H,5-8H2,1-4H3. The molecule has 2 atom stereocenters. The van der Waals surface area contributed by atoms with Gasteiger partial charge in [0.2, 0.25) is 0 Å². The fourth-order valence-corrected chi connectivity index (χ4v) is 1.71. The average Bonchev–Trinajstić information content (AvgIpc) is 2.69. The van der Waals surface area contributed by atoms with E-state index in [0.29, 0.717) is 6.04 Å². The number of nitrogens with one attached hydrogen (secondary N) is 1. The topological polar surface area (TPSA) is 29.9 Å². The summed E-state index contributed by atoms with van der Waals surface area (Å²) >= 11 is 0. The van der Waals surface area contributed by atoms with Crippen LogP contribution in [0.1, 0.15) is 39.2 Å². The average molecular weight is 223 g/mol. The Morgan fingerprint density at radius 1 is 1.44 bits per heavy atom. The van der Waals surface area contributed by atoms with Gasteiger partial charge in [-0.1, -0.05) is 20.3 Å². The Hall–Kier alpha value is -0.830. The van der Waals surface area contributed by atoms with E-state index in [-0.39, 0.29) is 0 Å². The first-order valence-electron chi connectivity index (χ1n) is 6.36. The van der Waals surface area contributed by atoms with Crippen LogP contribution >= 0.6 is 0 Å². The van der Waals surface area contributed by atoms with Crippen molar-refractivity contribution in [2.24, 2.45) is 5.92 Å². The largest absolute Gasteiger partial charge is 0.314 e. The molecule has 0 saturated carbocycles. The van der Waals surface area contributed by atoms with E-state index >= 15 is 0 Å². The van der Waals surface area contributed by atoms with Gasteiger partial charge in [0.05, 0.1) is 6.20 Å². The van der Waals surface area contributed by atoms with Crippen molar-refractivity contribution in [1.29, 1.82) is 0 Å². The third-order valence-corrected chi connectivity index (χ3v) is 3.29. The van der Waals surface area contributed by atoms with Crippen molar-refractivity contribution in [3.8, 4) is 0 Å². The van der Waals surface area contributed by atoms with Crippen LogP contribution in [0, 0.1) is 12.8 Å². The van der Waals surface area contributed by atoms with Gasteiger partial charge in [-0.3, -0.25) is 4.68 Å². The molecule has 0 spiro atoms. The van der Waals surface area contributed by atoms with Gasteiger partial charge in [-0.25, -0.2) is 0 Å². The van der Waals surface area contributed by atoms with Crippen LogP contribution in [0.5, 0.6) is 0 Å². The van der Waals surface area contributed by atoms with Crippen molar-refractivity contribution in [3.05, 3.63) is 18.0 Å². The molecule has 3 heteroatoms. The number of aryl methyl sites for hydroxylation is 2. The Morgan fingerprint density at radius 3 is 2.75 bits per heavy atom. The summed E-state index contributed by atoms with van der Waals surface area (Å²) in [4.78, 5) is 0. The Balaban J connectivity index is 2.12. The quantitative estimate of drug-likeness (QED) is 0.720. The number of hydrogen-bond acceptors (Lipinski definition) is 2. The zero-order valence-electron chi connectivity index (χ0n) is 11.0. The van der Waals surface area contributed by atoms with Crippen molar-refractivity contribution in [3.63, 3.8) is 0 Å². The first-order valence-corrected chi connectivity index (χ1v) is 6.36. The van der Waals surface area contributed by atoms with Gasteiger partial charge in [-0.15, -0.1) is 0 Å². The molecule has 1 N–H and O–H groups in total. The zero-order valence-corrected chi connectivity index (χ0v) is 11.0. The summed E-state index contributed by atoms with van der Waals surface area (Å²) in [7, 11) is 0. The van der Waals surface area contributed by atoms with Gasteiger partial charge in [0.15, 0.2) is 0 Å². The van der Waals surface area contributed by atoms with E-state index in [1.807, 2.05) is 10.9 Å². The summed E-state index contributed by atoms with van der Waals surface area (Å²) in [6.07, 6.45) is 6.39. The van der Waals surface area contributed by atoms with Crippen LogP contribution in [0.2, 0.25) is 0 Å². The molecule has 0 fully saturated rings. The Kier molecular flexibility index (Phi) is 5.53.